The van der Waals surface area contributed by atoms with Gasteiger partial charge in [-0.2, -0.15) is 0 Å². The van der Waals surface area contributed by atoms with E-state index in [0.29, 0.717) is 18.7 Å². The number of likely N-dealkylation sites (tertiary alicyclic amines) is 1. The molecule has 5 heteroatoms. The van der Waals surface area contributed by atoms with E-state index in [2.05, 4.69) is 0 Å². The summed E-state index contributed by atoms with van der Waals surface area (Å²) in [5, 5.41) is 9.18. The van der Waals surface area contributed by atoms with Gasteiger partial charge in [0.25, 0.3) is 5.91 Å². The first-order valence-corrected chi connectivity index (χ1v) is 8.37. The Balaban J connectivity index is 1.69. The van der Waals surface area contributed by atoms with E-state index in [-0.39, 0.29) is 18.6 Å². The molecule has 0 spiro atoms. The standard InChI is InChI=1S/C20H21NO4/c1-14-16(20(23)24)11-12-21(14)19(22)13-25-18-10-6-5-9-17(18)15-7-3-2-4-8-15/h2-10,14,16H,11-13H2,1H3,(H,23,24). The lowest BCUT2D eigenvalue weighted by molar-refractivity contribution is -0.143. The molecule has 0 radical (unpaired) electrons. The van der Waals surface area contributed by atoms with Crippen LogP contribution in [0, 0.1) is 5.92 Å². The molecule has 0 aromatic heterocycles. The third-order valence-corrected chi connectivity index (χ3v) is 4.72. The van der Waals surface area contributed by atoms with Crippen molar-refractivity contribution < 1.29 is 19.4 Å². The minimum Gasteiger partial charge on any atom is -0.483 e. The second kappa shape index (κ2) is 7.38. The number of carboxylic acids is 1. The van der Waals surface area contributed by atoms with E-state index >= 15 is 0 Å². The molecular weight excluding hydrogens is 318 g/mol. The number of para-hydroxylation sites is 1. The number of ether oxygens (including phenoxy) is 1. The van der Waals surface area contributed by atoms with Gasteiger partial charge in [-0.25, -0.2) is 0 Å². The molecule has 1 amide bonds. The maximum absolute atomic E-state index is 12.5. The number of nitrogens with zero attached hydrogens (tertiary/aromatic N) is 1. The van der Waals surface area contributed by atoms with Gasteiger partial charge < -0.3 is 14.7 Å². The summed E-state index contributed by atoms with van der Waals surface area (Å²) in [7, 11) is 0. The van der Waals surface area contributed by atoms with Gasteiger partial charge in [0, 0.05) is 18.2 Å². The molecule has 2 unspecified atom stereocenters. The average molecular weight is 339 g/mol. The number of carboxylic acid groups (broad SMARTS) is 1. The molecular formula is C20H21NO4. The number of amides is 1. The topological polar surface area (TPSA) is 66.8 Å². The number of carbonyl (C=O) groups is 2. The van der Waals surface area contributed by atoms with Gasteiger partial charge in [0.1, 0.15) is 5.75 Å². The van der Waals surface area contributed by atoms with Crippen LogP contribution in [-0.2, 0) is 9.59 Å². The Bertz CT molecular complexity index is 759. The third kappa shape index (κ3) is 3.65. The summed E-state index contributed by atoms with van der Waals surface area (Å²) in [6.07, 6.45) is 0.489. The molecule has 130 valence electrons. The first-order chi connectivity index (χ1) is 12.1. The maximum atomic E-state index is 12.5. The molecule has 1 aliphatic heterocycles. The van der Waals surface area contributed by atoms with E-state index in [1.54, 1.807) is 11.8 Å². The van der Waals surface area contributed by atoms with Crippen LogP contribution in [0.1, 0.15) is 13.3 Å². The van der Waals surface area contributed by atoms with Crippen molar-refractivity contribution in [3.8, 4) is 16.9 Å². The molecule has 1 saturated heterocycles. The summed E-state index contributed by atoms with van der Waals surface area (Å²) >= 11 is 0. The van der Waals surface area contributed by atoms with Crippen molar-refractivity contribution in [1.82, 2.24) is 4.90 Å². The van der Waals surface area contributed by atoms with Crippen LogP contribution in [0.5, 0.6) is 5.75 Å². The number of hydrogen-bond donors (Lipinski definition) is 1. The van der Waals surface area contributed by atoms with E-state index in [0.717, 1.165) is 11.1 Å². The van der Waals surface area contributed by atoms with Gasteiger partial charge >= 0.3 is 5.97 Å². The molecule has 0 bridgehead atoms. The van der Waals surface area contributed by atoms with Crippen LogP contribution < -0.4 is 4.74 Å². The van der Waals surface area contributed by atoms with Gasteiger partial charge in [0.15, 0.2) is 6.61 Å². The minimum atomic E-state index is -0.849. The van der Waals surface area contributed by atoms with Crippen LogP contribution >= 0.6 is 0 Å². The monoisotopic (exact) mass is 339 g/mol. The lowest BCUT2D eigenvalue weighted by atomic mass is 10.0. The molecule has 3 rings (SSSR count). The average Bonchev–Trinajstić information content (AvgIpc) is 3.02. The van der Waals surface area contributed by atoms with Crippen LogP contribution in [0.15, 0.2) is 54.6 Å². The van der Waals surface area contributed by atoms with E-state index in [4.69, 9.17) is 4.74 Å². The van der Waals surface area contributed by atoms with Gasteiger partial charge in [-0.3, -0.25) is 9.59 Å². The van der Waals surface area contributed by atoms with Crippen molar-refractivity contribution in [3.05, 3.63) is 54.6 Å². The van der Waals surface area contributed by atoms with Gasteiger partial charge in [-0.05, 0) is 25.0 Å². The Kier molecular flexibility index (Phi) is 5.03. The van der Waals surface area contributed by atoms with Gasteiger partial charge in [-0.1, -0.05) is 48.5 Å². The molecule has 0 aliphatic carbocycles. The lowest BCUT2D eigenvalue weighted by Crippen LogP contribution is -2.40. The van der Waals surface area contributed by atoms with Crippen molar-refractivity contribution in [1.29, 1.82) is 0 Å². The van der Waals surface area contributed by atoms with E-state index in [1.165, 1.54) is 0 Å². The predicted molar refractivity (Wildman–Crippen MR) is 94.3 cm³/mol. The van der Waals surface area contributed by atoms with Crippen molar-refractivity contribution in [2.75, 3.05) is 13.2 Å². The van der Waals surface area contributed by atoms with Gasteiger partial charge in [0.2, 0.25) is 0 Å². The molecule has 25 heavy (non-hydrogen) atoms. The third-order valence-electron chi connectivity index (χ3n) is 4.72. The highest BCUT2D eigenvalue weighted by molar-refractivity contribution is 5.81. The molecule has 2 aromatic rings. The highest BCUT2D eigenvalue weighted by Crippen LogP contribution is 2.30. The lowest BCUT2D eigenvalue weighted by Gasteiger charge is -2.23. The molecule has 1 fully saturated rings. The number of carbonyl (C=O) groups excluding carboxylic acids is 1. The Morgan fingerprint density at radius 1 is 1.12 bits per heavy atom. The fourth-order valence-electron chi connectivity index (χ4n) is 3.29. The number of rotatable bonds is 5. The molecule has 2 atom stereocenters. The molecule has 1 aliphatic rings. The van der Waals surface area contributed by atoms with Crippen LogP contribution in [0.4, 0.5) is 0 Å². The zero-order valence-electron chi connectivity index (χ0n) is 14.1. The largest absolute Gasteiger partial charge is 0.483 e. The van der Waals surface area contributed by atoms with E-state index < -0.39 is 11.9 Å². The Morgan fingerprint density at radius 2 is 1.80 bits per heavy atom. The van der Waals surface area contributed by atoms with Crippen LogP contribution in [-0.4, -0.2) is 41.1 Å². The molecule has 2 aromatic carbocycles. The molecule has 1 N–H and O–H groups in total. The quantitative estimate of drug-likeness (QED) is 0.909. The number of aliphatic carboxylic acids is 1. The van der Waals surface area contributed by atoms with Gasteiger partial charge in [0.05, 0.1) is 5.92 Å². The second-order valence-corrected chi connectivity index (χ2v) is 6.21. The first kappa shape index (κ1) is 17.0. The Hall–Kier alpha value is -2.82. The maximum Gasteiger partial charge on any atom is 0.308 e. The molecule has 1 heterocycles. The Morgan fingerprint density at radius 3 is 2.48 bits per heavy atom. The van der Waals surface area contributed by atoms with E-state index in [9.17, 15) is 14.7 Å². The summed E-state index contributed by atoms with van der Waals surface area (Å²) in [6.45, 7) is 2.14. The smallest absolute Gasteiger partial charge is 0.308 e. The van der Waals surface area contributed by atoms with Crippen molar-refractivity contribution in [2.24, 2.45) is 5.92 Å². The van der Waals surface area contributed by atoms with Crippen LogP contribution in [0.25, 0.3) is 11.1 Å². The van der Waals surface area contributed by atoms with Crippen molar-refractivity contribution in [3.63, 3.8) is 0 Å². The highest BCUT2D eigenvalue weighted by atomic mass is 16.5. The first-order valence-electron chi connectivity index (χ1n) is 8.37. The normalized spacial score (nSPS) is 19.6. The van der Waals surface area contributed by atoms with E-state index in [1.807, 2.05) is 54.6 Å². The zero-order valence-corrected chi connectivity index (χ0v) is 14.1. The number of benzene rings is 2. The molecule has 0 saturated carbocycles. The van der Waals surface area contributed by atoms with Gasteiger partial charge in [-0.15, -0.1) is 0 Å². The Labute approximate surface area is 146 Å². The van der Waals surface area contributed by atoms with Crippen molar-refractivity contribution >= 4 is 11.9 Å². The predicted octanol–water partition coefficient (Wildman–Crippen LogP) is 3.05. The summed E-state index contributed by atoms with van der Waals surface area (Å²) in [4.78, 5) is 25.2. The zero-order chi connectivity index (χ0) is 17.8. The summed E-state index contributed by atoms with van der Waals surface area (Å²) in [6, 6.07) is 17.1. The second-order valence-electron chi connectivity index (χ2n) is 6.21. The highest BCUT2D eigenvalue weighted by Gasteiger charge is 2.38. The summed E-state index contributed by atoms with van der Waals surface area (Å²) < 4.78 is 5.77. The fraction of sp³-hybridized carbons (Fsp3) is 0.300. The molecule has 5 nitrogen and oxygen atoms in total. The summed E-state index contributed by atoms with van der Waals surface area (Å²) in [5.74, 6) is -0.888. The SMILES string of the molecule is CC1C(C(=O)O)CCN1C(=O)COc1ccccc1-c1ccccc1. The number of hydrogen-bond acceptors (Lipinski definition) is 3. The van der Waals surface area contributed by atoms with Crippen LogP contribution in [0.3, 0.4) is 0 Å². The fourth-order valence-corrected chi connectivity index (χ4v) is 3.29. The van der Waals surface area contributed by atoms with Crippen molar-refractivity contribution in [2.45, 2.75) is 19.4 Å². The van der Waals surface area contributed by atoms with Crippen LogP contribution in [0.2, 0.25) is 0 Å². The minimum absolute atomic E-state index is 0.0967. The summed E-state index contributed by atoms with van der Waals surface area (Å²) in [5.41, 5.74) is 1.94.